The van der Waals surface area contributed by atoms with Gasteiger partial charge in [-0.1, -0.05) is 12.1 Å². The average Bonchev–Trinajstić information content (AvgIpc) is 2.54. The van der Waals surface area contributed by atoms with E-state index in [2.05, 4.69) is 5.32 Å². The average molecular weight is 282 g/mol. The van der Waals surface area contributed by atoms with Gasteiger partial charge < -0.3 is 15.0 Å². The molecular formula is C15H14N4O2. The molecular weight excluding hydrogens is 268 g/mol. The molecule has 1 heterocycles. The maximum atomic E-state index is 12.1. The Hall–Kier alpha value is -2.83. The van der Waals surface area contributed by atoms with Crippen molar-refractivity contribution in [3.8, 4) is 12.1 Å². The zero-order chi connectivity index (χ0) is 15.1. The van der Waals surface area contributed by atoms with Crippen LogP contribution in [0.2, 0.25) is 0 Å². The molecule has 0 atom stereocenters. The lowest BCUT2D eigenvalue weighted by atomic mass is 10.2. The molecule has 1 amide bonds. The third-order valence-electron chi connectivity index (χ3n) is 3.02. The molecule has 0 unspecified atom stereocenters. The van der Waals surface area contributed by atoms with E-state index in [1.54, 1.807) is 24.3 Å². The van der Waals surface area contributed by atoms with Gasteiger partial charge in [-0.05, 0) is 12.1 Å². The summed E-state index contributed by atoms with van der Waals surface area (Å²) in [6.07, 6.45) is 1.53. The predicted octanol–water partition coefficient (Wildman–Crippen LogP) is 1.24. The van der Waals surface area contributed by atoms with Gasteiger partial charge >= 0.3 is 0 Å². The second-order valence-corrected chi connectivity index (χ2v) is 4.41. The number of carbonyl (C=O) groups is 1. The van der Waals surface area contributed by atoms with Crippen LogP contribution in [-0.4, -0.2) is 37.1 Å². The number of benzene rings is 1. The molecule has 0 aromatic heterocycles. The largest absolute Gasteiger partial charge is 0.378 e. The summed E-state index contributed by atoms with van der Waals surface area (Å²) in [5.74, 6) is -0.522. The van der Waals surface area contributed by atoms with Gasteiger partial charge in [0.2, 0.25) is 0 Å². The summed E-state index contributed by atoms with van der Waals surface area (Å²) in [5, 5.41) is 20.7. The maximum absolute atomic E-state index is 12.1. The molecule has 1 aromatic rings. The van der Waals surface area contributed by atoms with Crippen LogP contribution in [0.4, 0.5) is 5.69 Å². The first-order valence-corrected chi connectivity index (χ1v) is 6.49. The van der Waals surface area contributed by atoms with Gasteiger partial charge in [-0.2, -0.15) is 10.5 Å². The fraction of sp³-hybridized carbons (Fsp3) is 0.267. The van der Waals surface area contributed by atoms with Gasteiger partial charge in [0, 0.05) is 19.3 Å². The monoisotopic (exact) mass is 282 g/mol. The highest BCUT2D eigenvalue weighted by Crippen LogP contribution is 2.14. The number of nitriles is 2. The molecule has 0 radical (unpaired) electrons. The third-order valence-corrected chi connectivity index (χ3v) is 3.02. The third kappa shape index (κ3) is 3.82. The Balaban J connectivity index is 2.12. The number of para-hydroxylation sites is 1. The zero-order valence-corrected chi connectivity index (χ0v) is 11.4. The van der Waals surface area contributed by atoms with Crippen molar-refractivity contribution in [1.29, 1.82) is 10.5 Å². The lowest BCUT2D eigenvalue weighted by Crippen LogP contribution is -2.33. The minimum atomic E-state index is -0.522. The normalized spacial score (nSPS) is 15.0. The van der Waals surface area contributed by atoms with Crippen LogP contribution in [0.5, 0.6) is 0 Å². The molecule has 1 N–H and O–H groups in total. The van der Waals surface area contributed by atoms with Crippen molar-refractivity contribution in [2.75, 3.05) is 31.6 Å². The summed E-state index contributed by atoms with van der Waals surface area (Å²) < 4.78 is 5.21. The molecule has 1 fully saturated rings. The Labute approximate surface area is 122 Å². The summed E-state index contributed by atoms with van der Waals surface area (Å²) in [5.41, 5.74) is 0.757. The van der Waals surface area contributed by atoms with Crippen molar-refractivity contribution >= 4 is 11.6 Å². The topological polar surface area (TPSA) is 89.2 Å². The van der Waals surface area contributed by atoms with Gasteiger partial charge in [0.15, 0.2) is 0 Å². The van der Waals surface area contributed by atoms with E-state index >= 15 is 0 Å². The van der Waals surface area contributed by atoms with Gasteiger partial charge in [-0.3, -0.25) is 4.79 Å². The summed E-state index contributed by atoms with van der Waals surface area (Å²) >= 11 is 0. The Morgan fingerprint density at radius 2 is 2.00 bits per heavy atom. The smallest absolute Gasteiger partial charge is 0.267 e. The Morgan fingerprint density at radius 3 is 2.67 bits per heavy atom. The van der Waals surface area contributed by atoms with Crippen molar-refractivity contribution in [2.24, 2.45) is 0 Å². The van der Waals surface area contributed by atoms with Crippen LogP contribution in [0.1, 0.15) is 5.56 Å². The molecule has 1 saturated heterocycles. The van der Waals surface area contributed by atoms with Crippen LogP contribution in [-0.2, 0) is 9.53 Å². The van der Waals surface area contributed by atoms with E-state index < -0.39 is 5.91 Å². The second kappa shape index (κ2) is 7.09. The Bertz CT molecular complexity index is 634. The van der Waals surface area contributed by atoms with Crippen LogP contribution in [0, 0.1) is 22.7 Å². The molecule has 0 saturated carbocycles. The summed E-state index contributed by atoms with van der Waals surface area (Å²) in [7, 11) is 0. The molecule has 1 aliphatic heterocycles. The van der Waals surface area contributed by atoms with Crippen molar-refractivity contribution in [2.45, 2.75) is 0 Å². The zero-order valence-electron chi connectivity index (χ0n) is 11.4. The minimum absolute atomic E-state index is 0.00430. The highest BCUT2D eigenvalue weighted by Gasteiger charge is 2.14. The Morgan fingerprint density at radius 1 is 1.29 bits per heavy atom. The number of rotatable bonds is 3. The molecule has 6 nitrogen and oxygen atoms in total. The van der Waals surface area contributed by atoms with Gasteiger partial charge in [0.05, 0.1) is 24.5 Å². The maximum Gasteiger partial charge on any atom is 0.267 e. The van der Waals surface area contributed by atoms with E-state index in [9.17, 15) is 4.79 Å². The molecule has 106 valence electrons. The second-order valence-electron chi connectivity index (χ2n) is 4.41. The number of morpholine rings is 1. The van der Waals surface area contributed by atoms with Gasteiger partial charge in [-0.25, -0.2) is 0 Å². The predicted molar refractivity (Wildman–Crippen MR) is 75.9 cm³/mol. The van der Waals surface area contributed by atoms with Crippen LogP contribution >= 0.6 is 0 Å². The number of ether oxygens (including phenoxy) is 1. The van der Waals surface area contributed by atoms with Crippen molar-refractivity contribution in [3.05, 3.63) is 41.6 Å². The van der Waals surface area contributed by atoms with Crippen LogP contribution in [0.3, 0.4) is 0 Å². The number of hydrogen-bond donors (Lipinski definition) is 1. The van der Waals surface area contributed by atoms with Gasteiger partial charge in [-0.15, -0.1) is 0 Å². The molecule has 1 aromatic carbocycles. The molecule has 0 bridgehead atoms. The summed E-state index contributed by atoms with van der Waals surface area (Å²) in [6, 6.07) is 10.5. The van der Waals surface area contributed by atoms with Crippen molar-refractivity contribution < 1.29 is 9.53 Å². The summed E-state index contributed by atoms with van der Waals surface area (Å²) in [4.78, 5) is 14.0. The fourth-order valence-corrected chi connectivity index (χ4v) is 1.91. The van der Waals surface area contributed by atoms with E-state index in [-0.39, 0.29) is 5.57 Å². The molecule has 6 heteroatoms. The Kier molecular flexibility index (Phi) is 4.92. The van der Waals surface area contributed by atoms with Crippen LogP contribution in [0.25, 0.3) is 0 Å². The number of anilines is 1. The SMILES string of the molecule is N#C/C(=C/N1CCOCC1)C(=O)Nc1ccccc1C#N. The number of hydrogen-bond acceptors (Lipinski definition) is 5. The minimum Gasteiger partial charge on any atom is -0.378 e. The molecule has 2 rings (SSSR count). The van der Waals surface area contributed by atoms with E-state index in [1.165, 1.54) is 6.20 Å². The van der Waals surface area contributed by atoms with Crippen LogP contribution < -0.4 is 5.32 Å². The molecule has 1 aliphatic rings. The van der Waals surface area contributed by atoms with Crippen molar-refractivity contribution in [1.82, 2.24) is 4.90 Å². The van der Waals surface area contributed by atoms with E-state index in [1.807, 2.05) is 17.0 Å². The molecule has 21 heavy (non-hydrogen) atoms. The van der Waals surface area contributed by atoms with Gasteiger partial charge in [0.25, 0.3) is 5.91 Å². The first-order chi connectivity index (χ1) is 10.2. The lowest BCUT2D eigenvalue weighted by molar-refractivity contribution is -0.112. The number of carbonyl (C=O) groups excluding carboxylic acids is 1. The highest BCUT2D eigenvalue weighted by molar-refractivity contribution is 6.07. The first kappa shape index (κ1) is 14.6. The fourth-order valence-electron chi connectivity index (χ4n) is 1.91. The lowest BCUT2D eigenvalue weighted by Gasteiger charge is -2.25. The first-order valence-electron chi connectivity index (χ1n) is 6.49. The van der Waals surface area contributed by atoms with E-state index in [0.29, 0.717) is 37.6 Å². The standard InChI is InChI=1S/C15H14N4O2/c16-9-12-3-1-2-4-14(12)18-15(20)13(10-17)11-19-5-7-21-8-6-19/h1-4,11H,5-8H2,(H,18,20)/b13-11-. The van der Waals surface area contributed by atoms with Crippen molar-refractivity contribution in [3.63, 3.8) is 0 Å². The molecule has 0 aliphatic carbocycles. The highest BCUT2D eigenvalue weighted by atomic mass is 16.5. The number of nitrogens with one attached hydrogen (secondary N) is 1. The quantitative estimate of drug-likeness (QED) is 0.665. The van der Waals surface area contributed by atoms with E-state index in [4.69, 9.17) is 15.3 Å². The van der Waals surface area contributed by atoms with Crippen LogP contribution in [0.15, 0.2) is 36.0 Å². The number of amides is 1. The van der Waals surface area contributed by atoms with E-state index in [0.717, 1.165) is 0 Å². The molecule has 0 spiro atoms. The van der Waals surface area contributed by atoms with Gasteiger partial charge in [0.1, 0.15) is 17.7 Å². The number of nitrogens with zero attached hydrogens (tertiary/aromatic N) is 3. The summed E-state index contributed by atoms with van der Waals surface area (Å²) in [6.45, 7) is 2.45.